The molecule has 0 N–H and O–H groups in total. The molecule has 0 aliphatic carbocycles. The monoisotopic (exact) mass is 383 g/mol. The first kappa shape index (κ1) is 17.6. The van der Waals surface area contributed by atoms with Crippen molar-refractivity contribution in [3.05, 3.63) is 77.5 Å². The molecule has 0 saturated heterocycles. The molecule has 0 spiro atoms. The van der Waals surface area contributed by atoms with Crippen molar-refractivity contribution < 1.29 is 4.79 Å². The highest BCUT2D eigenvalue weighted by Gasteiger charge is 2.31. The zero-order valence-electron chi connectivity index (χ0n) is 16.5. The summed E-state index contributed by atoms with van der Waals surface area (Å²) in [4.78, 5) is 24.2. The van der Waals surface area contributed by atoms with Crippen LogP contribution < -0.4 is 0 Å². The van der Waals surface area contributed by atoms with Crippen LogP contribution in [0.2, 0.25) is 0 Å². The fourth-order valence-electron chi connectivity index (χ4n) is 3.94. The molecule has 1 aliphatic rings. The number of hydrogen-bond donors (Lipinski definition) is 0. The van der Waals surface area contributed by atoms with Gasteiger partial charge in [0.25, 0.3) is 5.91 Å². The van der Waals surface area contributed by atoms with Crippen LogP contribution in [0.3, 0.4) is 0 Å². The number of amides is 1. The molecule has 0 fully saturated rings. The lowest BCUT2D eigenvalue weighted by Crippen LogP contribution is -2.26. The van der Waals surface area contributed by atoms with Crippen LogP contribution in [0.25, 0.3) is 22.0 Å². The average Bonchev–Trinajstić information content (AvgIpc) is 3.25. The summed E-state index contributed by atoms with van der Waals surface area (Å²) in [5, 5.41) is 5.45. The standard InChI is InChI=1S/C23H21N5O/c1-15-19(13-25-27(15)2)18-9-11-24-21-14-28(23(29)22(18)21)12-10-17-8-7-16-5-3-4-6-20(16)26-17/h3-9,11,13H,10,12,14H2,1-2H3. The molecule has 1 aliphatic heterocycles. The molecule has 3 aromatic heterocycles. The van der Waals surface area contributed by atoms with E-state index in [1.54, 1.807) is 6.20 Å². The second kappa shape index (κ2) is 6.81. The normalized spacial score (nSPS) is 13.3. The van der Waals surface area contributed by atoms with Gasteiger partial charge in [-0.3, -0.25) is 19.4 Å². The molecule has 0 unspecified atom stereocenters. The lowest BCUT2D eigenvalue weighted by Gasteiger charge is -2.15. The maximum absolute atomic E-state index is 13.2. The van der Waals surface area contributed by atoms with Gasteiger partial charge >= 0.3 is 0 Å². The molecule has 0 radical (unpaired) electrons. The Morgan fingerprint density at radius 2 is 1.93 bits per heavy atom. The largest absolute Gasteiger partial charge is 0.332 e. The van der Waals surface area contributed by atoms with Crippen LogP contribution in [0.15, 0.2) is 54.9 Å². The fraction of sp³-hybridized carbons (Fsp3) is 0.217. The zero-order chi connectivity index (χ0) is 20.0. The number of fused-ring (bicyclic) bond motifs is 2. The fourth-order valence-corrected chi connectivity index (χ4v) is 3.94. The molecule has 144 valence electrons. The molecule has 6 nitrogen and oxygen atoms in total. The van der Waals surface area contributed by atoms with Crippen LogP contribution in [-0.4, -0.2) is 37.1 Å². The van der Waals surface area contributed by atoms with Gasteiger partial charge < -0.3 is 4.90 Å². The SMILES string of the molecule is Cc1c(-c2ccnc3c2C(=O)N(CCc2ccc4ccccc4n2)C3)cnn1C. The minimum atomic E-state index is 0.0344. The second-order valence-electron chi connectivity index (χ2n) is 7.42. The van der Waals surface area contributed by atoms with Crippen molar-refractivity contribution in [2.75, 3.05) is 6.54 Å². The average molecular weight is 383 g/mol. The van der Waals surface area contributed by atoms with Gasteiger partial charge in [0.1, 0.15) is 0 Å². The number of aromatic nitrogens is 4. The van der Waals surface area contributed by atoms with Crippen LogP contribution in [0.1, 0.15) is 27.4 Å². The van der Waals surface area contributed by atoms with Gasteiger partial charge in [0.05, 0.1) is 29.5 Å². The molecule has 0 atom stereocenters. The molecule has 4 aromatic rings. The molecule has 4 heterocycles. The summed E-state index contributed by atoms with van der Waals surface area (Å²) in [6, 6.07) is 14.1. The van der Waals surface area contributed by atoms with Gasteiger partial charge in [0.2, 0.25) is 0 Å². The van der Waals surface area contributed by atoms with Crippen LogP contribution in [0.4, 0.5) is 0 Å². The van der Waals surface area contributed by atoms with Crippen molar-refractivity contribution in [1.82, 2.24) is 24.6 Å². The van der Waals surface area contributed by atoms with E-state index < -0.39 is 0 Å². The maximum Gasteiger partial charge on any atom is 0.256 e. The van der Waals surface area contributed by atoms with E-state index in [1.165, 1.54) is 0 Å². The Labute approximate surface area is 168 Å². The predicted molar refractivity (Wildman–Crippen MR) is 111 cm³/mol. The number of carbonyl (C=O) groups excluding carboxylic acids is 1. The molecule has 1 amide bonds. The van der Waals surface area contributed by atoms with Crippen molar-refractivity contribution in [1.29, 1.82) is 0 Å². The van der Waals surface area contributed by atoms with E-state index in [9.17, 15) is 4.79 Å². The predicted octanol–water partition coefficient (Wildman–Crippen LogP) is 3.54. The van der Waals surface area contributed by atoms with Crippen molar-refractivity contribution in [2.45, 2.75) is 19.9 Å². The summed E-state index contributed by atoms with van der Waals surface area (Å²) in [6.07, 6.45) is 4.31. The van der Waals surface area contributed by atoms with E-state index in [2.05, 4.69) is 22.2 Å². The topological polar surface area (TPSA) is 63.9 Å². The minimum Gasteiger partial charge on any atom is -0.332 e. The van der Waals surface area contributed by atoms with Gasteiger partial charge in [-0.2, -0.15) is 5.10 Å². The van der Waals surface area contributed by atoms with E-state index in [-0.39, 0.29) is 5.91 Å². The summed E-state index contributed by atoms with van der Waals surface area (Å²) in [5.41, 5.74) is 6.44. The highest BCUT2D eigenvalue weighted by Crippen LogP contribution is 2.32. The first-order valence-corrected chi connectivity index (χ1v) is 9.72. The number of para-hydroxylation sites is 1. The molecular formula is C23H21N5O. The van der Waals surface area contributed by atoms with Crippen LogP contribution in [0, 0.1) is 6.92 Å². The molecule has 1 aromatic carbocycles. The van der Waals surface area contributed by atoms with Gasteiger partial charge in [0, 0.05) is 54.1 Å². The maximum atomic E-state index is 13.2. The van der Waals surface area contributed by atoms with Gasteiger partial charge in [-0.1, -0.05) is 24.3 Å². The number of benzene rings is 1. The van der Waals surface area contributed by atoms with Crippen LogP contribution >= 0.6 is 0 Å². The van der Waals surface area contributed by atoms with Crippen LogP contribution in [0.5, 0.6) is 0 Å². The second-order valence-corrected chi connectivity index (χ2v) is 7.42. The number of hydrogen-bond acceptors (Lipinski definition) is 4. The van der Waals surface area contributed by atoms with Gasteiger partial charge in [0.15, 0.2) is 0 Å². The summed E-state index contributed by atoms with van der Waals surface area (Å²) < 4.78 is 1.82. The third kappa shape index (κ3) is 2.97. The molecule has 5 rings (SSSR count). The first-order chi connectivity index (χ1) is 14.1. The quantitative estimate of drug-likeness (QED) is 0.541. The van der Waals surface area contributed by atoms with E-state index in [4.69, 9.17) is 4.98 Å². The van der Waals surface area contributed by atoms with E-state index in [0.717, 1.165) is 39.1 Å². The van der Waals surface area contributed by atoms with Gasteiger partial charge in [-0.05, 0) is 25.1 Å². The number of aryl methyl sites for hydroxylation is 1. The number of nitrogens with zero attached hydrogens (tertiary/aromatic N) is 5. The summed E-state index contributed by atoms with van der Waals surface area (Å²) in [7, 11) is 1.91. The Kier molecular flexibility index (Phi) is 4.12. The Morgan fingerprint density at radius 1 is 1.07 bits per heavy atom. The van der Waals surface area contributed by atoms with Crippen molar-refractivity contribution in [3.63, 3.8) is 0 Å². The highest BCUT2D eigenvalue weighted by molar-refractivity contribution is 6.04. The number of pyridine rings is 2. The Morgan fingerprint density at radius 3 is 2.76 bits per heavy atom. The van der Waals surface area contributed by atoms with Crippen molar-refractivity contribution in [2.24, 2.45) is 7.05 Å². The van der Waals surface area contributed by atoms with E-state index in [1.807, 2.05) is 60.1 Å². The molecular weight excluding hydrogens is 362 g/mol. The Hall–Kier alpha value is -3.54. The highest BCUT2D eigenvalue weighted by atomic mass is 16.2. The third-order valence-corrected chi connectivity index (χ3v) is 5.69. The smallest absolute Gasteiger partial charge is 0.256 e. The Bertz CT molecular complexity index is 1240. The number of rotatable bonds is 4. The van der Waals surface area contributed by atoms with Gasteiger partial charge in [-0.25, -0.2) is 0 Å². The third-order valence-electron chi connectivity index (χ3n) is 5.69. The minimum absolute atomic E-state index is 0.0344. The Balaban J connectivity index is 1.39. The summed E-state index contributed by atoms with van der Waals surface area (Å²) >= 11 is 0. The van der Waals surface area contributed by atoms with Crippen molar-refractivity contribution >= 4 is 16.8 Å². The summed E-state index contributed by atoms with van der Waals surface area (Å²) in [5.74, 6) is 0.0344. The summed E-state index contributed by atoms with van der Waals surface area (Å²) in [6.45, 7) is 3.17. The van der Waals surface area contributed by atoms with Crippen molar-refractivity contribution in [3.8, 4) is 11.1 Å². The first-order valence-electron chi connectivity index (χ1n) is 9.72. The lowest BCUT2D eigenvalue weighted by molar-refractivity contribution is 0.0780. The molecule has 0 bridgehead atoms. The molecule has 6 heteroatoms. The van der Waals surface area contributed by atoms with Crippen LogP contribution in [-0.2, 0) is 20.0 Å². The zero-order valence-corrected chi connectivity index (χ0v) is 16.5. The lowest BCUT2D eigenvalue weighted by atomic mass is 10.0. The van der Waals surface area contributed by atoms with E-state index in [0.29, 0.717) is 25.1 Å². The van der Waals surface area contributed by atoms with E-state index >= 15 is 0 Å². The number of carbonyl (C=O) groups is 1. The molecule has 29 heavy (non-hydrogen) atoms. The molecule has 0 saturated carbocycles. The van der Waals surface area contributed by atoms with Gasteiger partial charge in [-0.15, -0.1) is 0 Å².